The topological polar surface area (TPSA) is 33.1 Å². The molecular formula is C14H17NOS. The molecule has 17 heavy (non-hydrogen) atoms. The summed E-state index contributed by atoms with van der Waals surface area (Å²) in [5.74, 6) is 0. The average molecular weight is 247 g/mol. The lowest BCUT2D eigenvalue weighted by Crippen LogP contribution is -1.98. The first-order valence-electron chi connectivity index (χ1n) is 5.89. The van der Waals surface area contributed by atoms with E-state index < -0.39 is 0 Å². The van der Waals surface area contributed by atoms with Crippen molar-refractivity contribution in [3.8, 4) is 0 Å². The molecule has 1 aromatic heterocycles. The van der Waals surface area contributed by atoms with E-state index in [0.717, 1.165) is 29.8 Å². The zero-order valence-corrected chi connectivity index (χ0v) is 10.8. The van der Waals surface area contributed by atoms with Gasteiger partial charge < -0.3 is 5.11 Å². The van der Waals surface area contributed by atoms with Crippen molar-refractivity contribution in [3.05, 3.63) is 52.0 Å². The molecular weight excluding hydrogens is 230 g/mol. The van der Waals surface area contributed by atoms with E-state index in [1.165, 1.54) is 5.56 Å². The molecule has 1 unspecified atom stereocenters. The Kier molecular flexibility index (Phi) is 4.29. The Balaban J connectivity index is 1.81. The number of aromatic nitrogens is 1. The van der Waals surface area contributed by atoms with Crippen molar-refractivity contribution in [1.82, 2.24) is 4.98 Å². The van der Waals surface area contributed by atoms with Gasteiger partial charge in [0, 0.05) is 0 Å². The fourth-order valence-corrected chi connectivity index (χ4v) is 2.73. The van der Waals surface area contributed by atoms with Crippen LogP contribution in [-0.4, -0.2) is 10.1 Å². The van der Waals surface area contributed by atoms with Gasteiger partial charge in [-0.3, -0.25) is 0 Å². The van der Waals surface area contributed by atoms with E-state index in [-0.39, 0.29) is 6.10 Å². The van der Waals surface area contributed by atoms with Crippen molar-refractivity contribution < 1.29 is 5.11 Å². The van der Waals surface area contributed by atoms with Gasteiger partial charge in [-0.15, -0.1) is 11.3 Å². The lowest BCUT2D eigenvalue weighted by Gasteiger charge is -2.09. The van der Waals surface area contributed by atoms with E-state index in [9.17, 15) is 5.11 Å². The minimum Gasteiger partial charge on any atom is -0.388 e. The molecule has 3 heteroatoms. The second kappa shape index (κ2) is 5.94. The van der Waals surface area contributed by atoms with Gasteiger partial charge in [-0.25, -0.2) is 4.98 Å². The third kappa shape index (κ3) is 3.38. The zero-order valence-electron chi connectivity index (χ0n) is 9.97. The molecule has 0 amide bonds. The number of aliphatic hydroxyl groups is 1. The SMILES string of the molecule is Cc1ncsc1C(O)CCCc1ccccc1. The van der Waals surface area contributed by atoms with Gasteiger partial charge in [0.05, 0.1) is 22.2 Å². The van der Waals surface area contributed by atoms with Crippen LogP contribution in [-0.2, 0) is 6.42 Å². The van der Waals surface area contributed by atoms with E-state index in [1.807, 2.05) is 13.0 Å². The number of hydrogen-bond acceptors (Lipinski definition) is 3. The Morgan fingerprint density at radius 3 is 2.71 bits per heavy atom. The fraction of sp³-hybridized carbons (Fsp3) is 0.357. The summed E-state index contributed by atoms with van der Waals surface area (Å²) in [5, 5.41) is 10.0. The predicted molar refractivity (Wildman–Crippen MR) is 71.2 cm³/mol. The van der Waals surface area contributed by atoms with Crippen molar-refractivity contribution in [2.75, 3.05) is 0 Å². The number of nitrogens with zero attached hydrogens (tertiary/aromatic N) is 1. The van der Waals surface area contributed by atoms with Crippen molar-refractivity contribution in [2.45, 2.75) is 32.3 Å². The van der Waals surface area contributed by atoms with E-state index in [4.69, 9.17) is 0 Å². The number of hydrogen-bond donors (Lipinski definition) is 1. The molecule has 0 fully saturated rings. The lowest BCUT2D eigenvalue weighted by atomic mass is 10.0. The third-order valence-corrected chi connectivity index (χ3v) is 3.90. The summed E-state index contributed by atoms with van der Waals surface area (Å²) in [5.41, 5.74) is 4.09. The molecule has 2 nitrogen and oxygen atoms in total. The fourth-order valence-electron chi connectivity index (χ4n) is 1.91. The molecule has 0 bridgehead atoms. The van der Waals surface area contributed by atoms with Gasteiger partial charge >= 0.3 is 0 Å². The Morgan fingerprint density at radius 1 is 1.29 bits per heavy atom. The number of thiazole rings is 1. The first-order chi connectivity index (χ1) is 8.27. The molecule has 1 aromatic carbocycles. The molecule has 2 rings (SSSR count). The van der Waals surface area contributed by atoms with E-state index in [1.54, 1.807) is 16.8 Å². The predicted octanol–water partition coefficient (Wildman–Crippen LogP) is 3.51. The third-order valence-electron chi connectivity index (χ3n) is 2.87. The molecule has 0 aliphatic rings. The van der Waals surface area contributed by atoms with Crippen LogP contribution in [0.15, 0.2) is 35.8 Å². The van der Waals surface area contributed by atoms with Gasteiger partial charge in [-0.1, -0.05) is 30.3 Å². The Bertz CT molecular complexity index is 452. The Labute approximate surface area is 106 Å². The average Bonchev–Trinajstić information content (AvgIpc) is 2.77. The van der Waals surface area contributed by atoms with Crippen LogP contribution >= 0.6 is 11.3 Å². The first kappa shape index (κ1) is 12.3. The Morgan fingerprint density at radius 2 is 2.06 bits per heavy atom. The maximum atomic E-state index is 10.0. The van der Waals surface area contributed by atoms with Crippen molar-refractivity contribution in [2.24, 2.45) is 0 Å². The van der Waals surface area contributed by atoms with Crippen LogP contribution in [0.2, 0.25) is 0 Å². The first-order valence-corrected chi connectivity index (χ1v) is 6.77. The van der Waals surface area contributed by atoms with Gasteiger partial charge in [0.2, 0.25) is 0 Å². The number of aliphatic hydroxyl groups excluding tert-OH is 1. The minimum absolute atomic E-state index is 0.355. The molecule has 1 N–H and O–H groups in total. The second-order valence-corrected chi connectivity index (χ2v) is 5.08. The van der Waals surface area contributed by atoms with Crippen molar-refractivity contribution in [1.29, 1.82) is 0 Å². The van der Waals surface area contributed by atoms with Crippen molar-refractivity contribution >= 4 is 11.3 Å². The highest BCUT2D eigenvalue weighted by Crippen LogP contribution is 2.25. The van der Waals surface area contributed by atoms with E-state index in [0.29, 0.717) is 0 Å². The van der Waals surface area contributed by atoms with Crippen LogP contribution in [0.5, 0.6) is 0 Å². The quantitative estimate of drug-likeness (QED) is 0.877. The van der Waals surface area contributed by atoms with Gasteiger partial charge in [-0.05, 0) is 31.7 Å². The molecule has 90 valence electrons. The molecule has 0 aliphatic carbocycles. The maximum Gasteiger partial charge on any atom is 0.0900 e. The molecule has 0 aliphatic heterocycles. The maximum absolute atomic E-state index is 10.0. The summed E-state index contributed by atoms with van der Waals surface area (Å²) >= 11 is 1.54. The monoisotopic (exact) mass is 247 g/mol. The normalized spacial score (nSPS) is 12.6. The highest BCUT2D eigenvalue weighted by molar-refractivity contribution is 7.09. The molecule has 0 spiro atoms. The van der Waals surface area contributed by atoms with Gasteiger partial charge in [0.15, 0.2) is 0 Å². The van der Waals surface area contributed by atoms with Crippen molar-refractivity contribution in [3.63, 3.8) is 0 Å². The molecule has 1 atom stereocenters. The van der Waals surface area contributed by atoms with Crippen LogP contribution in [0.4, 0.5) is 0 Å². The van der Waals surface area contributed by atoms with Gasteiger partial charge in [0.25, 0.3) is 0 Å². The summed E-state index contributed by atoms with van der Waals surface area (Å²) in [6, 6.07) is 10.4. The lowest BCUT2D eigenvalue weighted by molar-refractivity contribution is 0.167. The summed E-state index contributed by atoms with van der Waals surface area (Å²) < 4.78 is 0. The largest absolute Gasteiger partial charge is 0.388 e. The van der Waals surface area contributed by atoms with E-state index in [2.05, 4.69) is 29.2 Å². The number of rotatable bonds is 5. The van der Waals surface area contributed by atoms with E-state index >= 15 is 0 Å². The van der Waals surface area contributed by atoms with Crippen LogP contribution in [0.1, 0.15) is 35.1 Å². The summed E-state index contributed by atoms with van der Waals surface area (Å²) in [7, 11) is 0. The van der Waals surface area contributed by atoms with Crippen LogP contribution in [0.25, 0.3) is 0 Å². The van der Waals surface area contributed by atoms with Crippen LogP contribution < -0.4 is 0 Å². The summed E-state index contributed by atoms with van der Waals surface area (Å²) in [6.45, 7) is 1.95. The summed E-state index contributed by atoms with van der Waals surface area (Å²) in [6.07, 6.45) is 2.47. The standard InChI is InChI=1S/C14H17NOS/c1-11-14(17-10-15-11)13(16)9-5-8-12-6-3-2-4-7-12/h2-4,6-7,10,13,16H,5,8-9H2,1H3. The highest BCUT2D eigenvalue weighted by atomic mass is 32.1. The smallest absolute Gasteiger partial charge is 0.0900 e. The summed E-state index contributed by atoms with van der Waals surface area (Å²) in [4.78, 5) is 5.17. The molecule has 0 radical (unpaired) electrons. The minimum atomic E-state index is -0.355. The van der Waals surface area contributed by atoms with Crippen LogP contribution in [0, 0.1) is 6.92 Å². The Hall–Kier alpha value is -1.19. The second-order valence-electron chi connectivity index (χ2n) is 4.20. The zero-order chi connectivity index (χ0) is 12.1. The molecule has 2 aromatic rings. The highest BCUT2D eigenvalue weighted by Gasteiger charge is 2.12. The molecule has 1 heterocycles. The van der Waals surface area contributed by atoms with Crippen LogP contribution in [0.3, 0.4) is 0 Å². The molecule has 0 saturated heterocycles. The van der Waals surface area contributed by atoms with Gasteiger partial charge in [-0.2, -0.15) is 0 Å². The van der Waals surface area contributed by atoms with Gasteiger partial charge in [0.1, 0.15) is 0 Å². The molecule has 0 saturated carbocycles. The number of aryl methyl sites for hydroxylation is 2. The number of benzene rings is 1.